The van der Waals surface area contributed by atoms with Crippen molar-refractivity contribution in [2.24, 2.45) is 0 Å². The smallest absolute Gasteiger partial charge is 0.279 e. The third-order valence-electron chi connectivity index (χ3n) is 4.64. The number of rotatable bonds is 7. The molecular formula is C20H22N4O2S2. The number of aromatic nitrogens is 3. The molecule has 4 rings (SSSR count). The monoisotopic (exact) mass is 414 g/mol. The van der Waals surface area contributed by atoms with Gasteiger partial charge in [0.25, 0.3) is 5.56 Å². The van der Waals surface area contributed by atoms with Crippen LogP contribution in [0.15, 0.2) is 45.5 Å². The number of methoxy groups -OCH3 is 1. The molecule has 0 fully saturated rings. The molecule has 3 heterocycles. The highest BCUT2D eigenvalue weighted by Crippen LogP contribution is 2.25. The first kappa shape index (κ1) is 19.3. The van der Waals surface area contributed by atoms with Gasteiger partial charge in [-0.1, -0.05) is 65.6 Å². The molecule has 0 spiro atoms. The van der Waals surface area contributed by atoms with Crippen LogP contribution in [0.25, 0.3) is 11.0 Å². The van der Waals surface area contributed by atoms with Crippen LogP contribution in [0.4, 0.5) is 0 Å². The van der Waals surface area contributed by atoms with Crippen molar-refractivity contribution in [3.8, 4) is 0 Å². The molecule has 0 radical (unpaired) electrons. The fraction of sp³-hybridized carbons (Fsp3) is 0.350. The SMILES string of the molecule is COCCN1CCc2nc3sc(SC/C=C/c4ccccc4)nn3c(=O)c2C1. The Bertz CT molecular complexity index is 1030. The Morgan fingerprint density at radius 2 is 2.18 bits per heavy atom. The van der Waals surface area contributed by atoms with Crippen LogP contribution >= 0.6 is 23.1 Å². The average Bonchev–Trinajstić information content (AvgIpc) is 3.14. The predicted octanol–water partition coefficient (Wildman–Crippen LogP) is 2.96. The Morgan fingerprint density at radius 1 is 1.32 bits per heavy atom. The van der Waals surface area contributed by atoms with E-state index in [1.54, 1.807) is 18.9 Å². The van der Waals surface area contributed by atoms with E-state index in [9.17, 15) is 4.79 Å². The summed E-state index contributed by atoms with van der Waals surface area (Å²) < 4.78 is 7.48. The van der Waals surface area contributed by atoms with E-state index < -0.39 is 0 Å². The van der Waals surface area contributed by atoms with Crippen LogP contribution in [0.3, 0.4) is 0 Å². The van der Waals surface area contributed by atoms with Crippen LogP contribution < -0.4 is 5.56 Å². The highest BCUT2D eigenvalue weighted by Gasteiger charge is 2.23. The van der Waals surface area contributed by atoms with Crippen molar-refractivity contribution >= 4 is 34.1 Å². The molecule has 0 bridgehead atoms. The first-order chi connectivity index (χ1) is 13.7. The zero-order valence-corrected chi connectivity index (χ0v) is 17.3. The van der Waals surface area contributed by atoms with Crippen molar-refractivity contribution in [2.45, 2.75) is 17.3 Å². The normalized spacial score (nSPS) is 14.8. The second-order valence-corrected chi connectivity index (χ2v) is 8.77. The molecule has 2 aromatic heterocycles. The molecule has 28 heavy (non-hydrogen) atoms. The van der Waals surface area contributed by atoms with Crippen molar-refractivity contribution in [3.63, 3.8) is 0 Å². The van der Waals surface area contributed by atoms with Crippen LogP contribution in [0.5, 0.6) is 0 Å². The van der Waals surface area contributed by atoms with Crippen LogP contribution in [-0.4, -0.2) is 52.1 Å². The molecular weight excluding hydrogens is 392 g/mol. The summed E-state index contributed by atoms with van der Waals surface area (Å²) >= 11 is 3.10. The Labute approximate surface area is 171 Å². The van der Waals surface area contributed by atoms with E-state index in [4.69, 9.17) is 9.72 Å². The van der Waals surface area contributed by atoms with Crippen LogP contribution in [0.2, 0.25) is 0 Å². The van der Waals surface area contributed by atoms with E-state index in [1.807, 2.05) is 18.2 Å². The molecule has 8 heteroatoms. The first-order valence-electron chi connectivity index (χ1n) is 9.22. The number of ether oxygens (including phenoxy) is 1. The zero-order valence-electron chi connectivity index (χ0n) is 15.7. The maximum absolute atomic E-state index is 12.9. The fourth-order valence-corrected chi connectivity index (χ4v) is 4.96. The lowest BCUT2D eigenvalue weighted by Crippen LogP contribution is -2.38. The van der Waals surface area contributed by atoms with Crippen LogP contribution in [-0.2, 0) is 17.7 Å². The quantitative estimate of drug-likeness (QED) is 0.554. The third-order valence-corrected chi connectivity index (χ3v) is 6.64. The van der Waals surface area contributed by atoms with E-state index in [1.165, 1.54) is 21.4 Å². The minimum atomic E-state index is -0.0370. The third kappa shape index (κ3) is 4.35. The predicted molar refractivity (Wildman–Crippen MR) is 114 cm³/mol. The Kier molecular flexibility index (Phi) is 6.21. The summed E-state index contributed by atoms with van der Waals surface area (Å²) in [6.07, 6.45) is 5.00. The number of benzene rings is 1. The minimum Gasteiger partial charge on any atom is -0.383 e. The van der Waals surface area contributed by atoms with E-state index in [-0.39, 0.29) is 5.56 Å². The van der Waals surface area contributed by atoms with Gasteiger partial charge in [0.2, 0.25) is 4.96 Å². The Hall–Kier alpha value is -2.00. The highest BCUT2D eigenvalue weighted by molar-refractivity contribution is 8.01. The molecule has 0 saturated carbocycles. The summed E-state index contributed by atoms with van der Waals surface area (Å²) in [6, 6.07) is 10.2. The van der Waals surface area contributed by atoms with E-state index >= 15 is 0 Å². The van der Waals surface area contributed by atoms with Gasteiger partial charge in [0.05, 0.1) is 17.9 Å². The van der Waals surface area contributed by atoms with Crippen molar-refractivity contribution in [3.05, 3.63) is 63.6 Å². The van der Waals surface area contributed by atoms with E-state index in [0.717, 1.165) is 40.9 Å². The Morgan fingerprint density at radius 3 is 3.00 bits per heavy atom. The van der Waals surface area contributed by atoms with E-state index in [0.29, 0.717) is 18.1 Å². The molecule has 0 saturated heterocycles. The van der Waals surface area contributed by atoms with Crippen molar-refractivity contribution in [2.75, 3.05) is 32.6 Å². The molecule has 3 aromatic rings. The van der Waals surface area contributed by atoms with Gasteiger partial charge in [0, 0.05) is 38.9 Å². The van der Waals surface area contributed by atoms with Gasteiger partial charge in [0.1, 0.15) is 0 Å². The summed E-state index contributed by atoms with van der Waals surface area (Å²) in [5.41, 5.74) is 2.83. The molecule has 1 aliphatic heterocycles. The zero-order chi connectivity index (χ0) is 19.3. The highest BCUT2D eigenvalue weighted by atomic mass is 32.2. The van der Waals surface area contributed by atoms with Crippen molar-refractivity contribution in [1.29, 1.82) is 0 Å². The van der Waals surface area contributed by atoms with Crippen LogP contribution in [0, 0.1) is 0 Å². The number of hydrogen-bond donors (Lipinski definition) is 0. The number of fused-ring (bicyclic) bond motifs is 2. The first-order valence-corrected chi connectivity index (χ1v) is 11.0. The van der Waals surface area contributed by atoms with Gasteiger partial charge in [-0.05, 0) is 5.56 Å². The maximum atomic E-state index is 12.9. The van der Waals surface area contributed by atoms with Crippen molar-refractivity contribution < 1.29 is 4.74 Å². The second kappa shape index (κ2) is 9.00. The van der Waals surface area contributed by atoms with E-state index in [2.05, 4.69) is 34.3 Å². The second-order valence-electron chi connectivity index (χ2n) is 6.55. The lowest BCUT2D eigenvalue weighted by molar-refractivity contribution is 0.140. The minimum absolute atomic E-state index is 0.0370. The van der Waals surface area contributed by atoms with Gasteiger partial charge in [-0.25, -0.2) is 4.98 Å². The standard InChI is InChI=1S/C20H22N4O2S2/c1-26-12-11-23-10-9-17-16(14-23)18(25)24-19(21-17)28-20(22-24)27-13-5-8-15-6-3-2-4-7-15/h2-8H,9-14H2,1H3/b8-5+. The van der Waals surface area contributed by atoms with Gasteiger partial charge in [-0.15, -0.1) is 5.10 Å². The summed E-state index contributed by atoms with van der Waals surface area (Å²) in [5.74, 6) is 0.800. The largest absolute Gasteiger partial charge is 0.383 e. The van der Waals surface area contributed by atoms with Gasteiger partial charge >= 0.3 is 0 Å². The molecule has 6 nitrogen and oxygen atoms in total. The van der Waals surface area contributed by atoms with Crippen LogP contribution in [0.1, 0.15) is 16.8 Å². The summed E-state index contributed by atoms with van der Waals surface area (Å²) in [7, 11) is 1.70. The molecule has 0 unspecified atom stereocenters. The number of nitrogens with zero attached hydrogens (tertiary/aromatic N) is 4. The maximum Gasteiger partial charge on any atom is 0.279 e. The van der Waals surface area contributed by atoms with Crippen molar-refractivity contribution in [1.82, 2.24) is 19.5 Å². The van der Waals surface area contributed by atoms with Gasteiger partial charge in [-0.2, -0.15) is 4.52 Å². The molecule has 1 aromatic carbocycles. The van der Waals surface area contributed by atoms with Gasteiger partial charge < -0.3 is 4.74 Å². The molecule has 0 atom stereocenters. The summed E-state index contributed by atoms with van der Waals surface area (Å²) in [6.45, 7) is 3.02. The number of thioether (sulfide) groups is 1. The summed E-state index contributed by atoms with van der Waals surface area (Å²) in [4.78, 5) is 20.5. The van der Waals surface area contributed by atoms with Gasteiger partial charge in [-0.3, -0.25) is 9.69 Å². The molecule has 0 aliphatic carbocycles. The average molecular weight is 415 g/mol. The Balaban J connectivity index is 1.48. The molecule has 0 amide bonds. The lowest BCUT2D eigenvalue weighted by atomic mass is 10.1. The summed E-state index contributed by atoms with van der Waals surface area (Å²) in [5, 5.41) is 4.50. The lowest BCUT2D eigenvalue weighted by Gasteiger charge is -2.26. The fourth-order valence-electron chi connectivity index (χ4n) is 3.17. The molecule has 1 aliphatic rings. The topological polar surface area (TPSA) is 59.7 Å². The molecule has 146 valence electrons. The molecule has 0 N–H and O–H groups in total. The number of hydrogen-bond acceptors (Lipinski definition) is 7. The van der Waals surface area contributed by atoms with Gasteiger partial charge in [0.15, 0.2) is 4.34 Å².